The number of rotatable bonds is 4. The van der Waals surface area contributed by atoms with E-state index in [-0.39, 0.29) is 11.3 Å². The van der Waals surface area contributed by atoms with Crippen LogP contribution in [0.2, 0.25) is 0 Å². The van der Waals surface area contributed by atoms with E-state index in [0.29, 0.717) is 11.3 Å². The zero-order valence-electron chi connectivity index (χ0n) is 15.3. The number of aromatic hydroxyl groups is 1. The summed E-state index contributed by atoms with van der Waals surface area (Å²) in [7, 11) is 0. The molecule has 142 valence electrons. The van der Waals surface area contributed by atoms with Crippen LogP contribution in [-0.2, 0) is 0 Å². The number of hydrogen-bond acceptors (Lipinski definition) is 5. The molecule has 0 unspecified atom stereocenters. The van der Waals surface area contributed by atoms with Gasteiger partial charge in [0.25, 0.3) is 11.5 Å². The minimum Gasteiger partial charge on any atom is -0.493 e. The lowest BCUT2D eigenvalue weighted by Gasteiger charge is -2.13. The lowest BCUT2D eigenvalue weighted by atomic mass is 10.1. The van der Waals surface area contributed by atoms with Crippen molar-refractivity contribution in [2.24, 2.45) is 5.10 Å². The fourth-order valence-electron chi connectivity index (χ4n) is 2.73. The van der Waals surface area contributed by atoms with Crippen molar-refractivity contribution in [2.45, 2.75) is 13.8 Å². The lowest BCUT2D eigenvalue weighted by Crippen LogP contribution is -2.33. The highest BCUT2D eigenvalue weighted by atomic mass is 16.3. The second kappa shape index (κ2) is 7.75. The van der Waals surface area contributed by atoms with Gasteiger partial charge < -0.3 is 5.11 Å². The number of aryl methyl sites for hydroxylation is 1. The molecule has 0 fully saturated rings. The van der Waals surface area contributed by atoms with Crippen LogP contribution in [-0.4, -0.2) is 26.3 Å². The zero-order chi connectivity index (χ0) is 20.3. The van der Waals surface area contributed by atoms with Crippen molar-refractivity contribution in [3.05, 3.63) is 92.1 Å². The van der Waals surface area contributed by atoms with Crippen molar-refractivity contribution in [3.8, 4) is 11.6 Å². The summed E-state index contributed by atoms with van der Waals surface area (Å²) in [5.41, 5.74) is 2.13. The number of nitrogens with one attached hydrogen (secondary N) is 2. The van der Waals surface area contributed by atoms with Crippen LogP contribution in [0, 0.1) is 6.92 Å². The molecule has 0 saturated heterocycles. The summed E-state index contributed by atoms with van der Waals surface area (Å²) in [6, 6.07) is 15.3. The Hall–Kier alpha value is -3.94. The third-order valence-corrected chi connectivity index (χ3v) is 4.17. The molecular weight excluding hydrogens is 360 g/mol. The molecule has 0 radical (unpaired) electrons. The third kappa shape index (κ3) is 3.61. The maximum atomic E-state index is 12.3. The van der Waals surface area contributed by atoms with Gasteiger partial charge in [-0.25, -0.2) is 14.8 Å². The van der Waals surface area contributed by atoms with E-state index in [1.165, 1.54) is 6.92 Å². The molecule has 0 bridgehead atoms. The predicted molar refractivity (Wildman–Crippen MR) is 105 cm³/mol. The van der Waals surface area contributed by atoms with Gasteiger partial charge >= 0.3 is 5.69 Å². The summed E-state index contributed by atoms with van der Waals surface area (Å²) in [6.07, 6.45) is 0. The Morgan fingerprint density at radius 1 is 1.07 bits per heavy atom. The van der Waals surface area contributed by atoms with Crippen LogP contribution in [0.4, 0.5) is 0 Å². The summed E-state index contributed by atoms with van der Waals surface area (Å²) in [5, 5.41) is 14.5. The number of aromatic nitrogens is 2. The number of amides is 1. The van der Waals surface area contributed by atoms with Gasteiger partial charge in [0.05, 0.1) is 11.4 Å². The summed E-state index contributed by atoms with van der Waals surface area (Å²) in [5.74, 6) is -1.03. The van der Waals surface area contributed by atoms with Crippen molar-refractivity contribution in [2.75, 3.05) is 0 Å². The summed E-state index contributed by atoms with van der Waals surface area (Å²) in [6.45, 7) is 3.22. The van der Waals surface area contributed by atoms with Gasteiger partial charge in [0.2, 0.25) is 5.88 Å². The van der Waals surface area contributed by atoms with Crippen molar-refractivity contribution in [1.82, 2.24) is 15.0 Å². The van der Waals surface area contributed by atoms with Crippen LogP contribution >= 0.6 is 0 Å². The Bertz CT molecular complexity index is 1180. The predicted octanol–water partition coefficient (Wildman–Crippen LogP) is 1.69. The number of hydrogen-bond donors (Lipinski definition) is 3. The van der Waals surface area contributed by atoms with E-state index < -0.39 is 23.0 Å². The molecule has 28 heavy (non-hydrogen) atoms. The molecule has 3 aromatic rings. The minimum atomic E-state index is -0.803. The minimum absolute atomic E-state index is 0.0466. The smallest absolute Gasteiger partial charge is 0.335 e. The van der Waals surface area contributed by atoms with Gasteiger partial charge in [-0.3, -0.25) is 14.6 Å². The molecular formula is C20H18N4O4. The van der Waals surface area contributed by atoms with E-state index in [4.69, 9.17) is 0 Å². The van der Waals surface area contributed by atoms with Crippen LogP contribution < -0.4 is 16.7 Å². The van der Waals surface area contributed by atoms with Gasteiger partial charge in [0.15, 0.2) is 0 Å². The first-order chi connectivity index (χ1) is 13.4. The fourth-order valence-corrected chi connectivity index (χ4v) is 2.73. The third-order valence-electron chi connectivity index (χ3n) is 4.17. The van der Waals surface area contributed by atoms with E-state index >= 15 is 0 Å². The summed E-state index contributed by atoms with van der Waals surface area (Å²) in [4.78, 5) is 38.8. The summed E-state index contributed by atoms with van der Waals surface area (Å²) >= 11 is 0. The molecule has 1 amide bonds. The van der Waals surface area contributed by atoms with Gasteiger partial charge in [-0.1, -0.05) is 36.4 Å². The Morgan fingerprint density at radius 2 is 1.71 bits per heavy atom. The standard InChI is InChI=1S/C20H18N4O4/c1-12-8-6-7-11-15(12)24-19(27)16(18(26)21-20(24)28)13(2)22-23-17(25)14-9-4-3-5-10-14/h3-11,27H,1-2H3,(H,23,25)(H,21,26,28). The van der Waals surface area contributed by atoms with Gasteiger partial charge in [-0.15, -0.1) is 0 Å². The topological polar surface area (TPSA) is 117 Å². The molecule has 2 aromatic carbocycles. The van der Waals surface area contributed by atoms with Crippen LogP contribution in [0.3, 0.4) is 0 Å². The quantitative estimate of drug-likeness (QED) is 0.473. The Labute approximate surface area is 159 Å². The van der Waals surface area contributed by atoms with E-state index in [1.807, 2.05) is 0 Å². The van der Waals surface area contributed by atoms with E-state index in [0.717, 1.165) is 10.1 Å². The fraction of sp³-hybridized carbons (Fsp3) is 0.100. The molecule has 8 nitrogen and oxygen atoms in total. The second-order valence-corrected chi connectivity index (χ2v) is 6.08. The Balaban J connectivity index is 2.03. The number of para-hydroxylation sites is 1. The molecule has 0 atom stereocenters. The van der Waals surface area contributed by atoms with E-state index in [9.17, 15) is 19.5 Å². The molecule has 0 aliphatic rings. The van der Waals surface area contributed by atoms with Crippen LogP contribution in [0.25, 0.3) is 5.69 Å². The van der Waals surface area contributed by atoms with Gasteiger partial charge in [0.1, 0.15) is 5.56 Å². The van der Waals surface area contributed by atoms with Crippen LogP contribution in [0.1, 0.15) is 28.4 Å². The van der Waals surface area contributed by atoms with Crippen molar-refractivity contribution in [3.63, 3.8) is 0 Å². The van der Waals surface area contributed by atoms with Crippen LogP contribution in [0.5, 0.6) is 5.88 Å². The molecule has 3 N–H and O–H groups in total. The van der Waals surface area contributed by atoms with Crippen molar-refractivity contribution in [1.29, 1.82) is 0 Å². The summed E-state index contributed by atoms with van der Waals surface area (Å²) < 4.78 is 0.990. The van der Waals surface area contributed by atoms with Gasteiger partial charge in [-0.05, 0) is 37.6 Å². The molecule has 3 rings (SSSR count). The highest BCUT2D eigenvalue weighted by Gasteiger charge is 2.19. The maximum Gasteiger partial charge on any atom is 0.335 e. The first-order valence-electron chi connectivity index (χ1n) is 8.44. The lowest BCUT2D eigenvalue weighted by molar-refractivity contribution is 0.0955. The van der Waals surface area contributed by atoms with Crippen molar-refractivity contribution < 1.29 is 9.90 Å². The largest absolute Gasteiger partial charge is 0.493 e. The van der Waals surface area contributed by atoms with E-state index in [1.54, 1.807) is 61.5 Å². The zero-order valence-corrected chi connectivity index (χ0v) is 15.3. The number of carbonyl (C=O) groups is 1. The average Bonchev–Trinajstić information content (AvgIpc) is 2.68. The number of hydrazone groups is 1. The first-order valence-corrected chi connectivity index (χ1v) is 8.44. The monoisotopic (exact) mass is 378 g/mol. The SMILES string of the molecule is CC(=NNC(=O)c1ccccc1)c1c(O)n(-c2ccccc2C)c(=O)[nH]c1=O. The molecule has 0 aliphatic heterocycles. The molecule has 8 heteroatoms. The highest BCUT2D eigenvalue weighted by Crippen LogP contribution is 2.19. The van der Waals surface area contributed by atoms with Gasteiger partial charge in [0, 0.05) is 5.56 Å². The average molecular weight is 378 g/mol. The molecule has 0 aliphatic carbocycles. The number of aromatic amines is 1. The maximum absolute atomic E-state index is 12.3. The number of carbonyl (C=O) groups excluding carboxylic acids is 1. The highest BCUT2D eigenvalue weighted by molar-refractivity contribution is 6.02. The molecule has 0 saturated carbocycles. The second-order valence-electron chi connectivity index (χ2n) is 6.08. The van der Waals surface area contributed by atoms with Crippen LogP contribution in [0.15, 0.2) is 69.3 Å². The molecule has 0 spiro atoms. The van der Waals surface area contributed by atoms with Gasteiger partial charge in [-0.2, -0.15) is 5.10 Å². The normalized spacial score (nSPS) is 11.3. The number of benzene rings is 2. The first kappa shape index (κ1) is 18.8. The van der Waals surface area contributed by atoms with Crippen molar-refractivity contribution >= 4 is 11.6 Å². The molecule has 1 aromatic heterocycles. The Morgan fingerprint density at radius 3 is 2.39 bits per heavy atom. The number of H-pyrrole nitrogens is 1. The number of nitrogens with zero attached hydrogens (tertiary/aromatic N) is 2. The molecule has 1 heterocycles. The Kier molecular flexibility index (Phi) is 5.21. The van der Waals surface area contributed by atoms with E-state index in [2.05, 4.69) is 15.5 Å².